The molecule has 2 aromatic rings. The maximum Gasteiger partial charge on any atom is 0.270 e. The van der Waals surface area contributed by atoms with E-state index in [1.165, 1.54) is 18.2 Å². The lowest BCUT2D eigenvalue weighted by atomic mass is 10.1. The molecule has 6 heteroatoms. The third-order valence-corrected chi connectivity index (χ3v) is 3.83. The van der Waals surface area contributed by atoms with E-state index in [-0.39, 0.29) is 17.2 Å². The van der Waals surface area contributed by atoms with Crippen LogP contribution >= 0.6 is 0 Å². The van der Waals surface area contributed by atoms with E-state index >= 15 is 0 Å². The third kappa shape index (κ3) is 2.67. The van der Waals surface area contributed by atoms with Gasteiger partial charge in [-0.25, -0.2) is 4.39 Å². The van der Waals surface area contributed by atoms with Gasteiger partial charge in [0.2, 0.25) is 0 Å². The smallest absolute Gasteiger partial charge is 0.270 e. The molecule has 2 heterocycles. The molecule has 1 aliphatic rings. The first-order valence-electron chi connectivity index (χ1n) is 6.85. The Balaban J connectivity index is 1.96. The van der Waals surface area contributed by atoms with Gasteiger partial charge in [0.1, 0.15) is 11.5 Å². The molecular formula is C15H16FN3O2. The average molecular weight is 289 g/mol. The molecule has 0 spiro atoms. The number of fused-ring (bicyclic) bond motifs is 1. The fourth-order valence-electron chi connectivity index (χ4n) is 2.54. The first-order valence-corrected chi connectivity index (χ1v) is 6.85. The lowest BCUT2D eigenvalue weighted by Crippen LogP contribution is -2.47. The monoisotopic (exact) mass is 289 g/mol. The number of halogens is 1. The number of nitrogens with zero attached hydrogens (tertiary/aromatic N) is 2. The van der Waals surface area contributed by atoms with Crippen LogP contribution in [0.25, 0.3) is 10.8 Å². The predicted octanol–water partition coefficient (Wildman–Crippen LogP) is 1.05. The summed E-state index contributed by atoms with van der Waals surface area (Å²) in [6.07, 6.45) is 0. The quantitative estimate of drug-likeness (QED) is 0.854. The first kappa shape index (κ1) is 13.8. The number of amides is 1. The minimum absolute atomic E-state index is 0.211. The van der Waals surface area contributed by atoms with Crippen molar-refractivity contribution >= 4 is 16.7 Å². The van der Waals surface area contributed by atoms with Crippen LogP contribution in [0, 0.1) is 5.82 Å². The van der Waals surface area contributed by atoms with Crippen LogP contribution in [-0.2, 0) is 0 Å². The van der Waals surface area contributed by atoms with E-state index in [1.54, 1.807) is 11.0 Å². The summed E-state index contributed by atoms with van der Waals surface area (Å²) in [5, 5.41) is 0.822. The zero-order chi connectivity index (χ0) is 15.0. The number of aromatic nitrogens is 1. The van der Waals surface area contributed by atoms with Gasteiger partial charge in [-0.1, -0.05) is 0 Å². The zero-order valence-corrected chi connectivity index (χ0v) is 11.7. The molecule has 1 aliphatic heterocycles. The second-order valence-corrected chi connectivity index (χ2v) is 5.34. The van der Waals surface area contributed by atoms with Gasteiger partial charge in [-0.05, 0) is 36.7 Å². The van der Waals surface area contributed by atoms with E-state index in [1.807, 2.05) is 7.05 Å². The lowest BCUT2D eigenvalue weighted by Gasteiger charge is -2.32. The van der Waals surface area contributed by atoms with Gasteiger partial charge in [0.05, 0.1) is 0 Å². The van der Waals surface area contributed by atoms with Crippen LogP contribution in [0.5, 0.6) is 0 Å². The number of carbonyl (C=O) groups is 1. The van der Waals surface area contributed by atoms with Gasteiger partial charge < -0.3 is 14.8 Å². The molecule has 1 fully saturated rings. The van der Waals surface area contributed by atoms with Gasteiger partial charge in [0, 0.05) is 31.6 Å². The van der Waals surface area contributed by atoms with Crippen LogP contribution in [0.1, 0.15) is 10.5 Å². The first-order chi connectivity index (χ1) is 10.0. The van der Waals surface area contributed by atoms with E-state index < -0.39 is 5.82 Å². The fraction of sp³-hybridized carbons (Fsp3) is 0.333. The standard InChI is InChI=1S/C15H16FN3O2/c1-18-4-6-19(7-5-18)15(21)13-9-10-8-11(16)2-3-12(10)14(20)17-13/h2-3,8-9H,4-7H2,1H3,(H,17,20). The number of nitrogens with one attached hydrogen (secondary N) is 1. The van der Waals surface area contributed by atoms with Crippen LogP contribution < -0.4 is 5.56 Å². The van der Waals surface area contributed by atoms with Crippen LogP contribution in [0.15, 0.2) is 29.1 Å². The number of benzene rings is 1. The van der Waals surface area contributed by atoms with Crippen molar-refractivity contribution in [3.63, 3.8) is 0 Å². The Morgan fingerprint density at radius 2 is 1.90 bits per heavy atom. The maximum atomic E-state index is 13.3. The molecular weight excluding hydrogens is 273 g/mol. The highest BCUT2D eigenvalue weighted by Gasteiger charge is 2.21. The molecule has 1 N–H and O–H groups in total. The Bertz CT molecular complexity index is 748. The summed E-state index contributed by atoms with van der Waals surface area (Å²) in [7, 11) is 2.00. The van der Waals surface area contributed by atoms with Gasteiger partial charge in [-0.2, -0.15) is 0 Å². The predicted molar refractivity (Wildman–Crippen MR) is 77.9 cm³/mol. The Labute approximate surface area is 121 Å². The normalized spacial score (nSPS) is 16.4. The Morgan fingerprint density at radius 1 is 1.19 bits per heavy atom. The lowest BCUT2D eigenvalue weighted by molar-refractivity contribution is 0.0658. The summed E-state index contributed by atoms with van der Waals surface area (Å²) in [5.74, 6) is -0.641. The zero-order valence-electron chi connectivity index (χ0n) is 11.7. The molecule has 1 aromatic carbocycles. The van der Waals surface area contributed by atoms with Gasteiger partial charge in [0.15, 0.2) is 0 Å². The Kier molecular flexibility index (Phi) is 3.47. The largest absolute Gasteiger partial charge is 0.335 e. The average Bonchev–Trinajstić information content (AvgIpc) is 2.46. The highest BCUT2D eigenvalue weighted by atomic mass is 19.1. The molecule has 5 nitrogen and oxygen atoms in total. The molecule has 0 unspecified atom stereocenters. The van der Waals surface area contributed by atoms with Gasteiger partial charge >= 0.3 is 0 Å². The molecule has 0 atom stereocenters. The number of carbonyl (C=O) groups excluding carboxylic acids is 1. The number of hydrogen-bond acceptors (Lipinski definition) is 3. The second-order valence-electron chi connectivity index (χ2n) is 5.34. The van der Waals surface area contributed by atoms with E-state index in [2.05, 4.69) is 9.88 Å². The number of rotatable bonds is 1. The molecule has 3 rings (SSSR count). The SMILES string of the molecule is CN1CCN(C(=O)c2cc3cc(F)ccc3c(=O)[nH]2)CC1. The number of hydrogen-bond donors (Lipinski definition) is 1. The number of H-pyrrole nitrogens is 1. The van der Waals surface area contributed by atoms with Crippen molar-refractivity contribution < 1.29 is 9.18 Å². The van der Waals surface area contributed by atoms with Crippen molar-refractivity contribution in [2.75, 3.05) is 33.2 Å². The summed E-state index contributed by atoms with van der Waals surface area (Å²) in [6.45, 7) is 2.85. The van der Waals surface area contributed by atoms with E-state index in [9.17, 15) is 14.0 Å². The van der Waals surface area contributed by atoms with Crippen molar-refractivity contribution in [3.8, 4) is 0 Å². The van der Waals surface area contributed by atoms with Gasteiger partial charge in [0.25, 0.3) is 11.5 Å². The number of aromatic amines is 1. The molecule has 0 saturated carbocycles. The molecule has 110 valence electrons. The molecule has 0 radical (unpaired) electrons. The second kappa shape index (κ2) is 5.29. The van der Waals surface area contributed by atoms with Crippen molar-refractivity contribution in [1.29, 1.82) is 0 Å². The molecule has 1 amide bonds. The van der Waals surface area contributed by atoms with Crippen molar-refractivity contribution in [2.24, 2.45) is 0 Å². The molecule has 1 aromatic heterocycles. The summed E-state index contributed by atoms with van der Waals surface area (Å²) in [4.78, 5) is 30.9. The minimum atomic E-state index is -0.425. The molecule has 0 bridgehead atoms. The van der Waals surface area contributed by atoms with Crippen molar-refractivity contribution in [2.45, 2.75) is 0 Å². The Morgan fingerprint density at radius 3 is 2.62 bits per heavy atom. The topological polar surface area (TPSA) is 56.4 Å². The minimum Gasteiger partial charge on any atom is -0.335 e. The third-order valence-electron chi connectivity index (χ3n) is 3.83. The number of pyridine rings is 1. The summed E-state index contributed by atoms with van der Waals surface area (Å²) >= 11 is 0. The van der Waals surface area contributed by atoms with Crippen molar-refractivity contribution in [1.82, 2.24) is 14.8 Å². The number of likely N-dealkylation sites (N-methyl/N-ethyl adjacent to an activating group) is 1. The molecule has 0 aliphatic carbocycles. The van der Waals surface area contributed by atoms with Crippen molar-refractivity contribution in [3.05, 3.63) is 46.1 Å². The molecule has 21 heavy (non-hydrogen) atoms. The summed E-state index contributed by atoms with van der Waals surface area (Å²) in [6, 6.07) is 5.47. The van der Waals surface area contributed by atoms with E-state index in [0.29, 0.717) is 23.9 Å². The Hall–Kier alpha value is -2.21. The maximum absolute atomic E-state index is 13.3. The number of piperazine rings is 1. The summed E-state index contributed by atoms with van der Waals surface area (Å²) < 4.78 is 13.3. The summed E-state index contributed by atoms with van der Waals surface area (Å²) in [5.41, 5.74) is -0.160. The van der Waals surface area contributed by atoms with E-state index in [0.717, 1.165) is 13.1 Å². The highest BCUT2D eigenvalue weighted by molar-refractivity contribution is 5.96. The van der Waals surface area contributed by atoms with Gasteiger partial charge in [-0.3, -0.25) is 9.59 Å². The van der Waals surface area contributed by atoms with Crippen LogP contribution in [-0.4, -0.2) is 53.9 Å². The van der Waals surface area contributed by atoms with Crippen LogP contribution in [0.3, 0.4) is 0 Å². The molecule has 1 saturated heterocycles. The van der Waals surface area contributed by atoms with Crippen LogP contribution in [0.2, 0.25) is 0 Å². The van der Waals surface area contributed by atoms with Gasteiger partial charge in [-0.15, -0.1) is 0 Å². The fourth-order valence-corrected chi connectivity index (χ4v) is 2.54. The highest BCUT2D eigenvalue weighted by Crippen LogP contribution is 2.14. The van der Waals surface area contributed by atoms with Crippen LogP contribution in [0.4, 0.5) is 4.39 Å². The van der Waals surface area contributed by atoms with E-state index in [4.69, 9.17) is 0 Å².